The van der Waals surface area contributed by atoms with Gasteiger partial charge in [0.15, 0.2) is 0 Å². The van der Waals surface area contributed by atoms with E-state index in [2.05, 4.69) is 37.5 Å². The van der Waals surface area contributed by atoms with Gasteiger partial charge in [0, 0.05) is 12.6 Å². The molecule has 1 aromatic rings. The first-order chi connectivity index (χ1) is 9.22. The molecule has 0 spiro atoms. The van der Waals surface area contributed by atoms with Gasteiger partial charge in [-0.2, -0.15) is 0 Å². The Morgan fingerprint density at radius 1 is 1.37 bits per heavy atom. The minimum atomic E-state index is 0.252. The number of aryl methyl sites for hydroxylation is 2. The average molecular weight is 262 g/mol. The fraction of sp³-hybridized carbons (Fsp3) is 0.625. The van der Waals surface area contributed by atoms with E-state index < -0.39 is 0 Å². The van der Waals surface area contributed by atoms with Gasteiger partial charge >= 0.3 is 0 Å². The van der Waals surface area contributed by atoms with Crippen LogP contribution in [0.1, 0.15) is 54.8 Å². The summed E-state index contributed by atoms with van der Waals surface area (Å²) < 4.78 is 5.67. The normalized spacial score (nSPS) is 20.7. The van der Waals surface area contributed by atoms with Crippen LogP contribution in [0.4, 0.5) is 0 Å². The van der Waals surface area contributed by atoms with Gasteiger partial charge in [0.05, 0.1) is 6.10 Å². The van der Waals surface area contributed by atoms with Gasteiger partial charge < -0.3 is 4.74 Å². The Kier molecular flexibility index (Phi) is 5.37. The van der Waals surface area contributed by atoms with Gasteiger partial charge in [0.25, 0.3) is 0 Å². The monoisotopic (exact) mass is 262 g/mol. The number of rotatable bonds is 6. The number of nitrogens with one attached hydrogen (secondary N) is 1. The van der Waals surface area contributed by atoms with E-state index >= 15 is 0 Å². The average Bonchev–Trinajstić information content (AvgIpc) is 2.89. The Labute approximate surface area is 116 Å². The van der Waals surface area contributed by atoms with E-state index in [1.54, 1.807) is 0 Å². The second kappa shape index (κ2) is 7.04. The summed E-state index contributed by atoms with van der Waals surface area (Å²) in [6.45, 7) is 5.26. The van der Waals surface area contributed by atoms with E-state index in [1.807, 2.05) is 0 Å². The lowest BCUT2D eigenvalue weighted by Crippen LogP contribution is -2.29. The van der Waals surface area contributed by atoms with E-state index in [0.717, 1.165) is 25.9 Å². The molecule has 3 N–H and O–H groups in total. The van der Waals surface area contributed by atoms with Crippen molar-refractivity contribution in [2.75, 3.05) is 6.61 Å². The summed E-state index contributed by atoms with van der Waals surface area (Å²) in [5, 5.41) is 0. The van der Waals surface area contributed by atoms with Gasteiger partial charge in [-0.1, -0.05) is 18.2 Å². The van der Waals surface area contributed by atoms with Crippen LogP contribution >= 0.6 is 0 Å². The molecule has 1 aliphatic heterocycles. The Balaban J connectivity index is 1.92. The Morgan fingerprint density at radius 3 is 2.68 bits per heavy atom. The first-order valence-corrected chi connectivity index (χ1v) is 7.36. The van der Waals surface area contributed by atoms with Crippen molar-refractivity contribution in [2.24, 2.45) is 5.84 Å². The number of hydrogen-bond acceptors (Lipinski definition) is 3. The van der Waals surface area contributed by atoms with Crippen molar-refractivity contribution in [1.29, 1.82) is 0 Å². The van der Waals surface area contributed by atoms with E-state index in [-0.39, 0.29) is 6.04 Å². The molecule has 1 aliphatic rings. The van der Waals surface area contributed by atoms with Gasteiger partial charge in [-0.05, 0) is 62.6 Å². The molecule has 0 bridgehead atoms. The standard InChI is InChI=1S/C16H26N2O/c1-12-6-3-7-13(2)16(12)15(18-17)10-4-8-14-9-5-11-19-14/h3,6-7,14-15,18H,4-5,8-11,17H2,1-2H3. The second-order valence-corrected chi connectivity index (χ2v) is 5.59. The lowest BCUT2D eigenvalue weighted by atomic mass is 9.92. The third-order valence-corrected chi connectivity index (χ3v) is 4.13. The number of ether oxygens (including phenoxy) is 1. The minimum absolute atomic E-state index is 0.252. The molecule has 0 amide bonds. The summed E-state index contributed by atoms with van der Waals surface area (Å²) in [7, 11) is 0. The highest BCUT2D eigenvalue weighted by molar-refractivity contribution is 5.36. The zero-order chi connectivity index (χ0) is 13.7. The Morgan fingerprint density at radius 2 is 2.11 bits per heavy atom. The molecule has 2 atom stereocenters. The summed E-state index contributed by atoms with van der Waals surface area (Å²) in [5.74, 6) is 5.76. The van der Waals surface area contributed by atoms with Crippen LogP contribution in [0.15, 0.2) is 18.2 Å². The molecule has 0 aliphatic carbocycles. The fourth-order valence-corrected chi connectivity index (χ4v) is 3.11. The van der Waals surface area contributed by atoms with Gasteiger partial charge in [-0.3, -0.25) is 11.3 Å². The molecule has 2 rings (SSSR count). The molecule has 106 valence electrons. The maximum absolute atomic E-state index is 5.76. The van der Waals surface area contributed by atoms with Crippen LogP contribution in [-0.4, -0.2) is 12.7 Å². The highest BCUT2D eigenvalue weighted by atomic mass is 16.5. The molecular formula is C16H26N2O. The van der Waals surface area contributed by atoms with E-state index in [9.17, 15) is 0 Å². The van der Waals surface area contributed by atoms with Crippen molar-refractivity contribution in [2.45, 2.75) is 58.1 Å². The Bertz CT molecular complexity index is 379. The van der Waals surface area contributed by atoms with E-state index in [4.69, 9.17) is 10.6 Å². The quantitative estimate of drug-likeness (QED) is 0.611. The van der Waals surface area contributed by atoms with Gasteiger partial charge in [0.1, 0.15) is 0 Å². The predicted molar refractivity (Wildman–Crippen MR) is 78.8 cm³/mol. The molecule has 0 saturated carbocycles. The largest absolute Gasteiger partial charge is 0.378 e. The zero-order valence-electron chi connectivity index (χ0n) is 12.1. The lowest BCUT2D eigenvalue weighted by molar-refractivity contribution is 0.101. The summed E-state index contributed by atoms with van der Waals surface area (Å²) in [6.07, 6.45) is 6.32. The Hall–Kier alpha value is -0.900. The van der Waals surface area contributed by atoms with Crippen LogP contribution in [-0.2, 0) is 4.74 Å². The van der Waals surface area contributed by atoms with Crippen molar-refractivity contribution in [1.82, 2.24) is 5.43 Å². The number of benzene rings is 1. The lowest BCUT2D eigenvalue weighted by Gasteiger charge is -2.21. The molecule has 3 heteroatoms. The minimum Gasteiger partial charge on any atom is -0.378 e. The maximum atomic E-state index is 5.76. The summed E-state index contributed by atoms with van der Waals surface area (Å²) in [6, 6.07) is 6.68. The summed E-state index contributed by atoms with van der Waals surface area (Å²) >= 11 is 0. The van der Waals surface area contributed by atoms with Gasteiger partial charge in [0.2, 0.25) is 0 Å². The third-order valence-electron chi connectivity index (χ3n) is 4.13. The van der Waals surface area contributed by atoms with Crippen LogP contribution in [0, 0.1) is 13.8 Å². The van der Waals surface area contributed by atoms with Crippen LogP contribution in [0.2, 0.25) is 0 Å². The first kappa shape index (κ1) is 14.5. The number of nitrogens with two attached hydrogens (primary N) is 1. The molecule has 1 fully saturated rings. The van der Waals surface area contributed by atoms with Crippen molar-refractivity contribution >= 4 is 0 Å². The molecule has 0 aromatic heterocycles. The zero-order valence-corrected chi connectivity index (χ0v) is 12.1. The van der Waals surface area contributed by atoms with Crippen molar-refractivity contribution < 1.29 is 4.74 Å². The molecule has 2 unspecified atom stereocenters. The predicted octanol–water partition coefficient (Wildman–Crippen LogP) is 3.16. The number of hydrogen-bond donors (Lipinski definition) is 2. The van der Waals surface area contributed by atoms with E-state index in [0.29, 0.717) is 6.10 Å². The van der Waals surface area contributed by atoms with Crippen molar-refractivity contribution in [3.63, 3.8) is 0 Å². The highest BCUT2D eigenvalue weighted by Crippen LogP contribution is 2.27. The topological polar surface area (TPSA) is 47.3 Å². The SMILES string of the molecule is Cc1cccc(C)c1C(CCCC1CCCO1)NN. The summed E-state index contributed by atoms with van der Waals surface area (Å²) in [5.41, 5.74) is 6.98. The molecule has 1 aromatic carbocycles. The fourth-order valence-electron chi connectivity index (χ4n) is 3.11. The smallest absolute Gasteiger partial charge is 0.0576 e. The van der Waals surface area contributed by atoms with Crippen molar-refractivity contribution in [3.8, 4) is 0 Å². The van der Waals surface area contributed by atoms with Gasteiger partial charge in [-0.15, -0.1) is 0 Å². The molecule has 1 saturated heterocycles. The van der Waals surface area contributed by atoms with Crippen LogP contribution in [0.5, 0.6) is 0 Å². The molecule has 0 radical (unpaired) electrons. The summed E-state index contributed by atoms with van der Waals surface area (Å²) in [4.78, 5) is 0. The van der Waals surface area contributed by atoms with E-state index in [1.165, 1.54) is 29.5 Å². The van der Waals surface area contributed by atoms with Crippen LogP contribution in [0.3, 0.4) is 0 Å². The maximum Gasteiger partial charge on any atom is 0.0576 e. The molecule has 1 heterocycles. The number of hydrazine groups is 1. The molecule has 3 nitrogen and oxygen atoms in total. The molecular weight excluding hydrogens is 236 g/mol. The van der Waals surface area contributed by atoms with Crippen LogP contribution in [0.25, 0.3) is 0 Å². The highest BCUT2D eigenvalue weighted by Gasteiger charge is 2.18. The second-order valence-electron chi connectivity index (χ2n) is 5.59. The van der Waals surface area contributed by atoms with Gasteiger partial charge in [-0.25, -0.2) is 0 Å². The van der Waals surface area contributed by atoms with Crippen LogP contribution < -0.4 is 11.3 Å². The third kappa shape index (κ3) is 3.78. The first-order valence-electron chi connectivity index (χ1n) is 7.36. The van der Waals surface area contributed by atoms with Crippen molar-refractivity contribution in [3.05, 3.63) is 34.9 Å². The molecule has 19 heavy (non-hydrogen) atoms.